The van der Waals surface area contributed by atoms with Crippen molar-refractivity contribution in [2.24, 2.45) is 0 Å². The summed E-state index contributed by atoms with van der Waals surface area (Å²) >= 11 is 0. The van der Waals surface area contributed by atoms with Crippen LogP contribution in [-0.4, -0.2) is 41.5 Å². The minimum Gasteiger partial charge on any atom is -0.468 e. The van der Waals surface area contributed by atoms with E-state index < -0.39 is 11.5 Å². The van der Waals surface area contributed by atoms with E-state index in [-0.39, 0.29) is 30.5 Å². The van der Waals surface area contributed by atoms with Crippen molar-refractivity contribution in [1.29, 1.82) is 5.26 Å². The number of amides is 1. The lowest BCUT2D eigenvalue weighted by atomic mass is 9.98. The lowest BCUT2D eigenvalue weighted by Gasteiger charge is -2.25. The number of H-pyrrole nitrogens is 1. The number of carbonyl (C=O) groups excluding carboxylic acids is 2. The summed E-state index contributed by atoms with van der Waals surface area (Å²) in [6, 6.07) is 1.76. The molecule has 0 aromatic carbocycles. The maximum atomic E-state index is 12.4. The number of carbonyl (C=O) groups is 2. The molecule has 0 saturated heterocycles. The van der Waals surface area contributed by atoms with E-state index in [1.807, 2.05) is 19.9 Å². The van der Waals surface area contributed by atoms with Crippen LogP contribution in [-0.2, 0) is 20.7 Å². The molecule has 0 aliphatic rings. The lowest BCUT2D eigenvalue weighted by molar-refractivity contribution is -0.148. The number of aromatic nitrogens is 1. The average molecular weight is 333 g/mol. The molecule has 0 aliphatic heterocycles. The fraction of sp³-hybridized carbons (Fsp3) is 0.529. The monoisotopic (exact) mass is 333 g/mol. The number of rotatable bonds is 6. The highest BCUT2D eigenvalue weighted by Crippen LogP contribution is 2.16. The molecule has 1 rings (SSSR count). The Morgan fingerprint density at radius 1 is 1.33 bits per heavy atom. The number of hydrogen-bond donors (Lipinski definition) is 1. The second-order valence-electron chi connectivity index (χ2n) is 5.86. The molecule has 0 radical (unpaired) electrons. The number of aromatic amines is 1. The number of pyridine rings is 1. The number of nitrogens with one attached hydrogen (secondary N) is 1. The van der Waals surface area contributed by atoms with Crippen LogP contribution in [0.4, 0.5) is 0 Å². The fourth-order valence-electron chi connectivity index (χ4n) is 2.56. The highest BCUT2D eigenvalue weighted by atomic mass is 16.5. The molecule has 1 heterocycles. The van der Waals surface area contributed by atoms with Crippen molar-refractivity contribution in [1.82, 2.24) is 9.88 Å². The summed E-state index contributed by atoms with van der Waals surface area (Å²) < 4.78 is 4.62. The third kappa shape index (κ3) is 4.44. The van der Waals surface area contributed by atoms with E-state index in [1.165, 1.54) is 12.0 Å². The molecule has 1 N–H and O–H groups in total. The van der Waals surface area contributed by atoms with E-state index in [0.717, 1.165) is 5.56 Å². The molecular weight excluding hydrogens is 310 g/mol. The molecule has 0 bridgehead atoms. The first-order valence-electron chi connectivity index (χ1n) is 7.71. The Morgan fingerprint density at radius 3 is 2.46 bits per heavy atom. The molecule has 0 fully saturated rings. The zero-order valence-corrected chi connectivity index (χ0v) is 14.7. The predicted octanol–water partition coefficient (Wildman–Crippen LogP) is 1.21. The quantitative estimate of drug-likeness (QED) is 0.788. The van der Waals surface area contributed by atoms with Crippen LogP contribution in [0, 0.1) is 25.2 Å². The summed E-state index contributed by atoms with van der Waals surface area (Å²) in [7, 11) is 1.28. The molecule has 1 aromatic heterocycles. The van der Waals surface area contributed by atoms with Crippen molar-refractivity contribution in [3.8, 4) is 6.07 Å². The Hall–Kier alpha value is -2.62. The first kappa shape index (κ1) is 19.4. The summed E-state index contributed by atoms with van der Waals surface area (Å²) in [6.07, 6.45) is 0.556. The molecule has 0 aliphatic carbocycles. The minimum atomic E-state index is -0.472. The van der Waals surface area contributed by atoms with Crippen LogP contribution in [0.1, 0.15) is 42.7 Å². The number of nitriles is 1. The van der Waals surface area contributed by atoms with Gasteiger partial charge in [0, 0.05) is 18.2 Å². The van der Waals surface area contributed by atoms with Gasteiger partial charge in [0.25, 0.3) is 5.56 Å². The SMILES string of the molecule is COC(=O)CN(C(=O)CCc1c(C)[nH]c(=O)c(C#N)c1C)C(C)C. The molecule has 1 aromatic rings. The van der Waals surface area contributed by atoms with Crippen LogP contribution >= 0.6 is 0 Å². The van der Waals surface area contributed by atoms with Gasteiger partial charge < -0.3 is 14.6 Å². The van der Waals surface area contributed by atoms with Gasteiger partial charge in [0.1, 0.15) is 18.2 Å². The largest absolute Gasteiger partial charge is 0.468 e. The fourth-order valence-corrected chi connectivity index (χ4v) is 2.56. The smallest absolute Gasteiger partial charge is 0.325 e. The van der Waals surface area contributed by atoms with Crippen LogP contribution in [0.25, 0.3) is 0 Å². The van der Waals surface area contributed by atoms with Gasteiger partial charge in [0.05, 0.1) is 7.11 Å². The number of hydrogen-bond acceptors (Lipinski definition) is 5. The van der Waals surface area contributed by atoms with E-state index in [9.17, 15) is 14.4 Å². The molecule has 7 nitrogen and oxygen atoms in total. The molecule has 0 spiro atoms. The van der Waals surface area contributed by atoms with Crippen LogP contribution in [0.5, 0.6) is 0 Å². The molecule has 1 amide bonds. The third-order valence-electron chi connectivity index (χ3n) is 3.98. The van der Waals surface area contributed by atoms with E-state index in [1.54, 1.807) is 13.8 Å². The molecule has 0 unspecified atom stereocenters. The van der Waals surface area contributed by atoms with Gasteiger partial charge in [-0.05, 0) is 45.2 Å². The number of nitrogens with zero attached hydrogens (tertiary/aromatic N) is 2. The molecule has 0 saturated carbocycles. The number of methoxy groups -OCH3 is 1. The summed E-state index contributed by atoms with van der Waals surface area (Å²) in [5, 5.41) is 9.08. The van der Waals surface area contributed by atoms with Crippen LogP contribution in [0.2, 0.25) is 0 Å². The van der Waals surface area contributed by atoms with Gasteiger partial charge in [-0.25, -0.2) is 0 Å². The molecule has 24 heavy (non-hydrogen) atoms. The Morgan fingerprint density at radius 2 is 1.96 bits per heavy atom. The number of ether oxygens (including phenoxy) is 1. The van der Waals surface area contributed by atoms with Gasteiger partial charge >= 0.3 is 5.97 Å². The molecule has 7 heteroatoms. The Balaban J connectivity index is 2.96. The van der Waals surface area contributed by atoms with Crippen molar-refractivity contribution in [2.75, 3.05) is 13.7 Å². The highest BCUT2D eigenvalue weighted by Gasteiger charge is 2.21. The average Bonchev–Trinajstić information content (AvgIpc) is 2.51. The third-order valence-corrected chi connectivity index (χ3v) is 3.98. The van der Waals surface area contributed by atoms with Crippen LogP contribution in [0.15, 0.2) is 4.79 Å². The maximum absolute atomic E-state index is 12.4. The van der Waals surface area contributed by atoms with Gasteiger partial charge in [-0.2, -0.15) is 5.26 Å². The summed E-state index contributed by atoms with van der Waals surface area (Å²) in [5.74, 6) is -0.654. The van der Waals surface area contributed by atoms with Crippen molar-refractivity contribution in [2.45, 2.75) is 46.6 Å². The summed E-state index contributed by atoms with van der Waals surface area (Å²) in [5.41, 5.74) is 1.67. The van der Waals surface area contributed by atoms with Crippen molar-refractivity contribution in [3.05, 3.63) is 32.7 Å². The zero-order chi connectivity index (χ0) is 18.4. The maximum Gasteiger partial charge on any atom is 0.325 e. The van der Waals surface area contributed by atoms with E-state index in [2.05, 4.69) is 9.72 Å². The highest BCUT2D eigenvalue weighted by molar-refractivity contribution is 5.82. The second-order valence-corrected chi connectivity index (χ2v) is 5.86. The topological polar surface area (TPSA) is 103 Å². The number of esters is 1. The second kappa shape index (κ2) is 8.29. The first-order chi connectivity index (χ1) is 11.2. The van der Waals surface area contributed by atoms with Crippen LogP contribution < -0.4 is 5.56 Å². The van der Waals surface area contributed by atoms with Gasteiger partial charge in [-0.3, -0.25) is 14.4 Å². The summed E-state index contributed by atoms with van der Waals surface area (Å²) in [4.78, 5) is 39.7. The van der Waals surface area contributed by atoms with E-state index in [0.29, 0.717) is 17.7 Å². The van der Waals surface area contributed by atoms with E-state index >= 15 is 0 Å². The van der Waals surface area contributed by atoms with Gasteiger partial charge in [-0.15, -0.1) is 0 Å². The minimum absolute atomic E-state index is 0.0679. The Kier molecular flexibility index (Phi) is 6.71. The van der Waals surface area contributed by atoms with Crippen molar-refractivity contribution < 1.29 is 14.3 Å². The van der Waals surface area contributed by atoms with Gasteiger partial charge in [-0.1, -0.05) is 0 Å². The Labute approximate surface area is 141 Å². The van der Waals surface area contributed by atoms with Crippen molar-refractivity contribution >= 4 is 11.9 Å². The van der Waals surface area contributed by atoms with Crippen LogP contribution in [0.3, 0.4) is 0 Å². The van der Waals surface area contributed by atoms with Gasteiger partial charge in [0.15, 0.2) is 0 Å². The van der Waals surface area contributed by atoms with Gasteiger partial charge in [0.2, 0.25) is 5.91 Å². The summed E-state index contributed by atoms with van der Waals surface area (Å²) in [6.45, 7) is 7.00. The normalized spacial score (nSPS) is 10.4. The van der Waals surface area contributed by atoms with Crippen molar-refractivity contribution in [3.63, 3.8) is 0 Å². The first-order valence-corrected chi connectivity index (χ1v) is 7.71. The molecular formula is C17H23N3O4. The lowest BCUT2D eigenvalue weighted by Crippen LogP contribution is -2.41. The van der Waals surface area contributed by atoms with E-state index in [4.69, 9.17) is 5.26 Å². The molecule has 130 valence electrons. The number of aryl methyl sites for hydroxylation is 1. The molecule has 0 atom stereocenters. The standard InChI is InChI=1S/C17H23N3O4/c1-10(2)20(9-16(22)24-5)15(21)7-6-13-11(3)14(8-18)17(23)19-12(13)4/h10H,6-7,9H2,1-5H3,(H,19,23). The predicted molar refractivity (Wildman–Crippen MR) is 88.4 cm³/mol. The Bertz CT molecular complexity index is 729. The zero-order valence-electron chi connectivity index (χ0n) is 14.7.